The highest BCUT2D eigenvalue weighted by molar-refractivity contribution is 9.10. The van der Waals surface area contributed by atoms with Crippen molar-refractivity contribution in [3.05, 3.63) is 112 Å². The number of hydrogen-bond donors (Lipinski definition) is 0. The number of benzene rings is 4. The number of ether oxygens (including phenoxy) is 2. The van der Waals surface area contributed by atoms with Crippen LogP contribution >= 0.6 is 15.9 Å². The Bertz CT molecular complexity index is 1290. The van der Waals surface area contributed by atoms with Crippen molar-refractivity contribution in [1.29, 1.82) is 0 Å². The molecule has 136 valence electrons. The number of fused-ring (bicyclic) bond motifs is 8. The fourth-order valence-corrected chi connectivity index (χ4v) is 5.02. The van der Waals surface area contributed by atoms with E-state index in [1.54, 1.807) is 0 Å². The maximum Gasteiger partial charge on any atom is 0.133 e. The van der Waals surface area contributed by atoms with E-state index in [9.17, 15) is 0 Å². The Morgan fingerprint density at radius 2 is 1.24 bits per heavy atom. The fraction of sp³-hybridized carbons (Fsp3) is 0.0400. The zero-order valence-electron chi connectivity index (χ0n) is 15.4. The first kappa shape index (κ1) is 16.9. The van der Waals surface area contributed by atoms with E-state index in [4.69, 9.17) is 17.3 Å². The van der Waals surface area contributed by atoms with Gasteiger partial charge in [-0.3, -0.25) is 0 Å². The van der Waals surface area contributed by atoms with Gasteiger partial charge in [0.05, 0.1) is 5.41 Å². The lowest BCUT2D eigenvalue weighted by atomic mass is 9.61. The topological polar surface area (TPSA) is 18.5 Å². The van der Waals surface area contributed by atoms with Crippen LogP contribution in [-0.2, 0) is 5.41 Å². The van der Waals surface area contributed by atoms with Crippen molar-refractivity contribution >= 4 is 29.2 Å². The van der Waals surface area contributed by atoms with E-state index in [0.29, 0.717) is 11.2 Å². The predicted octanol–water partition coefficient (Wildman–Crippen LogP) is 5.84. The number of para-hydroxylation sites is 3. The maximum absolute atomic E-state index is 6.39. The van der Waals surface area contributed by atoms with Gasteiger partial charge in [0.25, 0.3) is 0 Å². The van der Waals surface area contributed by atoms with Crippen LogP contribution in [0.2, 0.25) is 0 Å². The third-order valence-corrected chi connectivity index (χ3v) is 6.30. The second kappa shape index (κ2) is 6.01. The predicted molar refractivity (Wildman–Crippen MR) is 118 cm³/mol. The highest BCUT2D eigenvalue weighted by atomic mass is 79.9. The Morgan fingerprint density at radius 1 is 0.621 bits per heavy atom. The lowest BCUT2D eigenvalue weighted by Crippen LogP contribution is -2.38. The van der Waals surface area contributed by atoms with Crippen molar-refractivity contribution in [2.24, 2.45) is 0 Å². The molecule has 1 spiro atoms. The summed E-state index contributed by atoms with van der Waals surface area (Å²) in [6.45, 7) is 0. The van der Waals surface area contributed by atoms with Crippen molar-refractivity contribution < 1.29 is 9.47 Å². The highest BCUT2D eigenvalue weighted by Crippen LogP contribution is 2.60. The normalized spacial score (nSPS) is 18.0. The monoisotopic (exact) mass is 436 g/mol. The molecule has 0 aliphatic carbocycles. The van der Waals surface area contributed by atoms with Gasteiger partial charge in [-0.05, 0) is 24.3 Å². The van der Waals surface area contributed by atoms with Crippen LogP contribution in [-0.4, -0.2) is 7.85 Å². The Labute approximate surface area is 178 Å². The fourth-order valence-electron chi connectivity index (χ4n) is 4.68. The van der Waals surface area contributed by atoms with E-state index >= 15 is 0 Å². The van der Waals surface area contributed by atoms with Crippen LogP contribution in [0.1, 0.15) is 22.3 Å². The molecule has 2 aliphatic heterocycles. The molecule has 2 aliphatic rings. The first-order valence-corrected chi connectivity index (χ1v) is 10.2. The summed E-state index contributed by atoms with van der Waals surface area (Å²) in [7, 11) is 6.39. The third-order valence-electron chi connectivity index (χ3n) is 5.81. The molecule has 29 heavy (non-hydrogen) atoms. The molecule has 0 amide bonds. The van der Waals surface area contributed by atoms with Gasteiger partial charge >= 0.3 is 0 Å². The standard InChI is InChI=1S/C25H14BBrO2/c26-20-9-5-8-19-24(20)29-22-11-4-2-7-17(22)25(19)16-6-1-3-10-21(16)28-23-14-15(27)12-13-18(23)25/h1-14H. The van der Waals surface area contributed by atoms with Gasteiger partial charge < -0.3 is 9.47 Å². The third kappa shape index (κ3) is 2.18. The van der Waals surface area contributed by atoms with Crippen LogP contribution in [0.15, 0.2) is 89.4 Å². The van der Waals surface area contributed by atoms with E-state index in [0.717, 1.165) is 44.0 Å². The molecule has 0 N–H and O–H groups in total. The quantitative estimate of drug-likeness (QED) is 0.278. The van der Waals surface area contributed by atoms with Gasteiger partial charge in [-0.15, -0.1) is 0 Å². The highest BCUT2D eigenvalue weighted by Gasteiger charge is 2.50. The average molecular weight is 437 g/mol. The number of hydrogen-bond acceptors (Lipinski definition) is 2. The summed E-state index contributed by atoms with van der Waals surface area (Å²) in [6.07, 6.45) is 0. The molecule has 1 unspecified atom stereocenters. The van der Waals surface area contributed by atoms with Crippen molar-refractivity contribution in [3.63, 3.8) is 0 Å². The summed E-state index contributed by atoms with van der Waals surface area (Å²) in [5.41, 5.74) is 4.30. The molecule has 0 bridgehead atoms. The lowest BCUT2D eigenvalue weighted by molar-refractivity contribution is 0.401. The minimum Gasteiger partial charge on any atom is -0.457 e. The van der Waals surface area contributed by atoms with Crippen LogP contribution in [0.25, 0.3) is 0 Å². The largest absolute Gasteiger partial charge is 0.457 e. The van der Waals surface area contributed by atoms with E-state index < -0.39 is 5.41 Å². The molecule has 2 heterocycles. The first-order valence-electron chi connectivity index (χ1n) is 9.43. The van der Waals surface area contributed by atoms with Gasteiger partial charge in [0.15, 0.2) is 0 Å². The van der Waals surface area contributed by atoms with Gasteiger partial charge in [0.2, 0.25) is 0 Å². The van der Waals surface area contributed by atoms with Gasteiger partial charge in [0, 0.05) is 26.7 Å². The maximum atomic E-state index is 6.39. The van der Waals surface area contributed by atoms with Crippen molar-refractivity contribution in [2.45, 2.75) is 5.41 Å². The molecule has 6 rings (SSSR count). The molecule has 1 atom stereocenters. The molecule has 2 nitrogen and oxygen atoms in total. The smallest absolute Gasteiger partial charge is 0.133 e. The summed E-state index contributed by atoms with van der Waals surface area (Å²) in [5, 5.41) is 0. The van der Waals surface area contributed by atoms with E-state index in [1.165, 1.54) is 0 Å². The molecule has 4 heteroatoms. The van der Waals surface area contributed by atoms with Crippen molar-refractivity contribution in [1.82, 2.24) is 0 Å². The first-order chi connectivity index (χ1) is 14.2. The second-order valence-corrected chi connectivity index (χ2v) is 8.23. The molecule has 0 aromatic heterocycles. The van der Waals surface area contributed by atoms with Crippen LogP contribution in [0.4, 0.5) is 0 Å². The molecule has 0 saturated carbocycles. The summed E-state index contributed by atoms with van der Waals surface area (Å²) < 4.78 is 13.6. The SMILES string of the molecule is [B]c1cccc2c1Oc1ccccc1C21c2ccccc2Oc2cc(Br)ccc21. The minimum absolute atomic E-state index is 0.579. The summed E-state index contributed by atoms with van der Waals surface area (Å²) >= 11 is 3.59. The van der Waals surface area contributed by atoms with E-state index in [-0.39, 0.29) is 0 Å². The van der Waals surface area contributed by atoms with Crippen LogP contribution < -0.4 is 14.9 Å². The summed E-state index contributed by atoms with van der Waals surface area (Å²) in [5.74, 6) is 3.17. The molecule has 4 aromatic rings. The second-order valence-electron chi connectivity index (χ2n) is 7.31. The Balaban J connectivity index is 1.85. The Kier molecular flexibility index (Phi) is 3.51. The minimum atomic E-state index is -0.579. The van der Waals surface area contributed by atoms with E-state index in [2.05, 4.69) is 58.4 Å². The molecule has 0 fully saturated rings. The molecular formula is C25H14BBrO2. The molecular weight excluding hydrogens is 423 g/mol. The number of halogens is 1. The zero-order valence-corrected chi connectivity index (χ0v) is 16.9. The zero-order chi connectivity index (χ0) is 19.6. The van der Waals surface area contributed by atoms with Gasteiger partial charge in [-0.2, -0.15) is 0 Å². The van der Waals surface area contributed by atoms with Crippen LogP contribution in [0.5, 0.6) is 23.0 Å². The number of rotatable bonds is 0. The van der Waals surface area contributed by atoms with Gasteiger partial charge in [-0.1, -0.05) is 82.1 Å². The van der Waals surface area contributed by atoms with Gasteiger partial charge in [0.1, 0.15) is 30.8 Å². The molecule has 2 radical (unpaired) electrons. The molecule has 0 saturated heterocycles. The summed E-state index contributed by atoms with van der Waals surface area (Å²) in [4.78, 5) is 0. The van der Waals surface area contributed by atoms with Crippen LogP contribution in [0, 0.1) is 0 Å². The Morgan fingerprint density at radius 3 is 2.00 bits per heavy atom. The van der Waals surface area contributed by atoms with E-state index in [1.807, 2.05) is 42.5 Å². The molecule has 4 aromatic carbocycles. The van der Waals surface area contributed by atoms with Crippen LogP contribution in [0.3, 0.4) is 0 Å². The Hall–Kier alpha value is -2.98. The average Bonchev–Trinajstić information content (AvgIpc) is 2.74. The summed E-state index contributed by atoms with van der Waals surface area (Å²) in [6, 6.07) is 28.6. The van der Waals surface area contributed by atoms with Crippen molar-refractivity contribution in [3.8, 4) is 23.0 Å². The van der Waals surface area contributed by atoms with Gasteiger partial charge in [-0.25, -0.2) is 0 Å². The lowest BCUT2D eigenvalue weighted by Gasteiger charge is -2.45. The van der Waals surface area contributed by atoms with Crippen molar-refractivity contribution in [2.75, 3.05) is 0 Å².